The maximum absolute atomic E-state index is 12.0. The van der Waals surface area contributed by atoms with Gasteiger partial charge in [-0.15, -0.1) is 0 Å². The van der Waals surface area contributed by atoms with Crippen LogP contribution in [0.25, 0.3) is 0 Å². The zero-order valence-corrected chi connectivity index (χ0v) is 12.2. The van der Waals surface area contributed by atoms with Gasteiger partial charge in [-0.1, -0.05) is 15.9 Å². The van der Waals surface area contributed by atoms with Crippen LogP contribution >= 0.6 is 27.7 Å². The van der Waals surface area contributed by atoms with Gasteiger partial charge in [0.15, 0.2) is 0 Å². The van der Waals surface area contributed by atoms with Crippen LogP contribution < -0.4 is 5.32 Å². The highest BCUT2D eigenvalue weighted by molar-refractivity contribution is 9.10. The highest BCUT2D eigenvalue weighted by Gasteiger charge is 2.16. The van der Waals surface area contributed by atoms with Crippen LogP contribution in [-0.4, -0.2) is 24.0 Å². The van der Waals surface area contributed by atoms with E-state index in [4.69, 9.17) is 0 Å². The van der Waals surface area contributed by atoms with Gasteiger partial charge in [0.05, 0.1) is 0 Å². The van der Waals surface area contributed by atoms with E-state index in [1.807, 2.05) is 36.9 Å². The molecule has 4 heteroatoms. The van der Waals surface area contributed by atoms with Crippen LogP contribution in [0.3, 0.4) is 0 Å². The minimum atomic E-state index is 0.0336. The van der Waals surface area contributed by atoms with Crippen LogP contribution in [0, 0.1) is 12.8 Å². The van der Waals surface area contributed by atoms with Gasteiger partial charge in [-0.3, -0.25) is 4.79 Å². The minimum Gasteiger partial charge on any atom is -0.352 e. The predicted octanol–water partition coefficient (Wildman–Crippen LogP) is 3.24. The molecule has 1 aromatic carbocycles. The second-order valence-corrected chi connectivity index (χ2v) is 6.52. The molecule has 2 rings (SSSR count). The van der Waals surface area contributed by atoms with Crippen molar-refractivity contribution < 1.29 is 4.79 Å². The van der Waals surface area contributed by atoms with E-state index < -0.39 is 0 Å². The van der Waals surface area contributed by atoms with Crippen molar-refractivity contribution in [2.24, 2.45) is 5.92 Å². The number of benzene rings is 1. The number of aryl methyl sites for hydroxylation is 1. The average molecular weight is 314 g/mol. The normalized spacial score (nSPS) is 19.3. The van der Waals surface area contributed by atoms with E-state index in [0.717, 1.165) is 22.1 Å². The molecule has 1 N–H and O–H groups in total. The molecule has 1 aliphatic rings. The third-order valence-electron chi connectivity index (χ3n) is 2.88. The summed E-state index contributed by atoms with van der Waals surface area (Å²) >= 11 is 5.39. The fourth-order valence-electron chi connectivity index (χ4n) is 1.95. The number of thioether (sulfide) groups is 1. The van der Waals surface area contributed by atoms with Crippen LogP contribution in [-0.2, 0) is 0 Å². The Hall–Kier alpha value is -0.480. The largest absolute Gasteiger partial charge is 0.352 e. The van der Waals surface area contributed by atoms with E-state index in [-0.39, 0.29) is 5.91 Å². The summed E-state index contributed by atoms with van der Waals surface area (Å²) in [6, 6.07) is 5.79. The Morgan fingerprint density at radius 1 is 1.53 bits per heavy atom. The van der Waals surface area contributed by atoms with Crippen molar-refractivity contribution in [1.82, 2.24) is 5.32 Å². The van der Waals surface area contributed by atoms with Crippen molar-refractivity contribution in [3.05, 3.63) is 33.8 Å². The van der Waals surface area contributed by atoms with Gasteiger partial charge in [-0.05, 0) is 54.5 Å². The van der Waals surface area contributed by atoms with Crippen LogP contribution in [0.1, 0.15) is 22.3 Å². The molecule has 17 heavy (non-hydrogen) atoms. The van der Waals surface area contributed by atoms with Gasteiger partial charge in [-0.2, -0.15) is 11.8 Å². The van der Waals surface area contributed by atoms with Crippen molar-refractivity contribution in [2.45, 2.75) is 13.3 Å². The molecule has 1 amide bonds. The molecule has 1 heterocycles. The molecule has 0 bridgehead atoms. The van der Waals surface area contributed by atoms with E-state index in [2.05, 4.69) is 21.2 Å². The predicted molar refractivity (Wildman–Crippen MR) is 76.6 cm³/mol. The molecular formula is C13H16BrNOS. The molecular weight excluding hydrogens is 298 g/mol. The van der Waals surface area contributed by atoms with Gasteiger partial charge >= 0.3 is 0 Å². The number of amides is 1. The number of hydrogen-bond donors (Lipinski definition) is 1. The fourth-order valence-corrected chi connectivity index (χ4v) is 3.84. The third-order valence-corrected chi connectivity index (χ3v) is 4.57. The van der Waals surface area contributed by atoms with Gasteiger partial charge < -0.3 is 5.32 Å². The molecule has 92 valence electrons. The molecule has 1 saturated heterocycles. The molecule has 0 radical (unpaired) electrons. The van der Waals surface area contributed by atoms with Crippen molar-refractivity contribution in [2.75, 3.05) is 18.1 Å². The minimum absolute atomic E-state index is 0.0336. The summed E-state index contributed by atoms with van der Waals surface area (Å²) in [5.74, 6) is 3.09. The van der Waals surface area contributed by atoms with Crippen molar-refractivity contribution in [1.29, 1.82) is 0 Å². The highest BCUT2D eigenvalue weighted by atomic mass is 79.9. The first-order chi connectivity index (χ1) is 8.15. The van der Waals surface area contributed by atoms with Crippen molar-refractivity contribution in [3.8, 4) is 0 Å². The Morgan fingerprint density at radius 2 is 2.35 bits per heavy atom. The molecule has 0 aliphatic carbocycles. The Bertz CT molecular complexity index is 396. The van der Waals surface area contributed by atoms with E-state index in [0.29, 0.717) is 5.92 Å². The number of rotatable bonds is 3. The lowest BCUT2D eigenvalue weighted by molar-refractivity contribution is 0.0948. The number of carbonyl (C=O) groups excluding carboxylic acids is 1. The van der Waals surface area contributed by atoms with Gasteiger partial charge in [0.1, 0.15) is 0 Å². The van der Waals surface area contributed by atoms with Gasteiger partial charge in [0, 0.05) is 16.6 Å². The first-order valence-corrected chi connectivity index (χ1v) is 7.73. The quantitative estimate of drug-likeness (QED) is 0.928. The summed E-state index contributed by atoms with van der Waals surface area (Å²) in [5, 5.41) is 3.02. The number of nitrogens with one attached hydrogen (secondary N) is 1. The van der Waals surface area contributed by atoms with E-state index in [1.54, 1.807) is 0 Å². The third kappa shape index (κ3) is 3.75. The van der Waals surface area contributed by atoms with Crippen LogP contribution in [0.4, 0.5) is 0 Å². The average Bonchev–Trinajstić information content (AvgIpc) is 2.77. The summed E-state index contributed by atoms with van der Waals surface area (Å²) < 4.78 is 0.957. The summed E-state index contributed by atoms with van der Waals surface area (Å²) in [5.41, 5.74) is 1.84. The fraction of sp³-hybridized carbons (Fsp3) is 0.462. The van der Waals surface area contributed by atoms with Gasteiger partial charge in [-0.25, -0.2) is 0 Å². The second kappa shape index (κ2) is 5.91. The van der Waals surface area contributed by atoms with Crippen LogP contribution in [0.15, 0.2) is 22.7 Å². The van der Waals surface area contributed by atoms with Crippen molar-refractivity contribution >= 4 is 33.6 Å². The molecule has 0 spiro atoms. The number of halogens is 1. The molecule has 0 aromatic heterocycles. The smallest absolute Gasteiger partial charge is 0.251 e. The molecule has 1 aliphatic heterocycles. The summed E-state index contributed by atoms with van der Waals surface area (Å²) in [6.07, 6.45) is 1.22. The summed E-state index contributed by atoms with van der Waals surface area (Å²) in [7, 11) is 0. The Labute approximate surface area is 115 Å². The molecule has 1 unspecified atom stereocenters. The summed E-state index contributed by atoms with van der Waals surface area (Å²) in [4.78, 5) is 12.0. The molecule has 0 saturated carbocycles. The lowest BCUT2D eigenvalue weighted by atomic mass is 10.1. The number of carbonyl (C=O) groups is 1. The maximum atomic E-state index is 12.0. The highest BCUT2D eigenvalue weighted by Crippen LogP contribution is 2.22. The second-order valence-electron chi connectivity index (χ2n) is 4.46. The molecule has 1 atom stereocenters. The topological polar surface area (TPSA) is 29.1 Å². The number of hydrogen-bond acceptors (Lipinski definition) is 2. The standard InChI is InChI=1S/C13H16BrNOS/c1-9-4-11(6-12(14)5-9)13(16)15-7-10-2-3-17-8-10/h4-6,10H,2-3,7-8H2,1H3,(H,15,16). The Morgan fingerprint density at radius 3 is 3.00 bits per heavy atom. The first-order valence-electron chi connectivity index (χ1n) is 5.78. The Balaban J connectivity index is 1.94. The van der Waals surface area contributed by atoms with Crippen LogP contribution in [0.2, 0.25) is 0 Å². The van der Waals surface area contributed by atoms with Gasteiger partial charge in [0.2, 0.25) is 0 Å². The van der Waals surface area contributed by atoms with E-state index >= 15 is 0 Å². The van der Waals surface area contributed by atoms with E-state index in [9.17, 15) is 4.79 Å². The zero-order chi connectivity index (χ0) is 12.3. The zero-order valence-electron chi connectivity index (χ0n) is 9.83. The monoisotopic (exact) mass is 313 g/mol. The SMILES string of the molecule is Cc1cc(Br)cc(C(=O)NCC2CCSC2)c1. The van der Waals surface area contributed by atoms with Crippen LogP contribution in [0.5, 0.6) is 0 Å². The Kier molecular flexibility index (Phi) is 4.51. The lowest BCUT2D eigenvalue weighted by Gasteiger charge is -2.10. The van der Waals surface area contributed by atoms with Gasteiger partial charge in [0.25, 0.3) is 5.91 Å². The first kappa shape index (κ1) is 13.0. The van der Waals surface area contributed by atoms with E-state index in [1.165, 1.54) is 17.9 Å². The summed E-state index contributed by atoms with van der Waals surface area (Å²) in [6.45, 7) is 2.80. The van der Waals surface area contributed by atoms with Crippen molar-refractivity contribution in [3.63, 3.8) is 0 Å². The molecule has 1 fully saturated rings. The lowest BCUT2D eigenvalue weighted by Crippen LogP contribution is -2.29. The molecule has 1 aromatic rings. The molecule has 2 nitrogen and oxygen atoms in total. The maximum Gasteiger partial charge on any atom is 0.251 e.